The molecule has 1 atom stereocenters. The van der Waals surface area contributed by atoms with Gasteiger partial charge in [-0.15, -0.1) is 11.3 Å². The lowest BCUT2D eigenvalue weighted by Crippen LogP contribution is -2.30. The molecule has 1 aliphatic heterocycles. The molecule has 1 aromatic heterocycles. The van der Waals surface area contributed by atoms with Gasteiger partial charge in [-0.05, 0) is 52.4 Å². The second-order valence-electron chi connectivity index (χ2n) is 5.03. The molecule has 3 rings (SSSR count). The number of rotatable bonds is 2. The third-order valence-electron chi connectivity index (χ3n) is 3.70. The molecule has 1 aliphatic rings. The molecule has 2 N–H and O–H groups in total. The van der Waals surface area contributed by atoms with Crippen LogP contribution < -0.4 is 5.73 Å². The lowest BCUT2D eigenvalue weighted by atomic mass is 10.1. The molecular formula is C15H14BrFN2OS. The summed E-state index contributed by atoms with van der Waals surface area (Å²) in [6.07, 6.45) is 1.93. The summed E-state index contributed by atoms with van der Waals surface area (Å²) in [6, 6.07) is 6.81. The molecule has 1 saturated heterocycles. The second-order valence-corrected chi connectivity index (χ2v) is 6.86. The monoisotopic (exact) mass is 368 g/mol. The predicted molar refractivity (Wildman–Crippen MR) is 85.8 cm³/mol. The highest BCUT2D eigenvalue weighted by Gasteiger charge is 2.32. The number of carbonyl (C=O) groups excluding carboxylic acids is 1. The number of benzene rings is 1. The minimum Gasteiger partial charge on any atom is -0.396 e. The van der Waals surface area contributed by atoms with Crippen LogP contribution in [0.4, 0.5) is 10.1 Å². The normalized spacial score (nSPS) is 18.2. The molecule has 0 aliphatic carbocycles. The maximum absolute atomic E-state index is 13.4. The van der Waals surface area contributed by atoms with Gasteiger partial charge < -0.3 is 10.6 Å². The zero-order valence-electron chi connectivity index (χ0n) is 11.2. The van der Waals surface area contributed by atoms with E-state index in [0.29, 0.717) is 16.6 Å². The lowest BCUT2D eigenvalue weighted by molar-refractivity contribution is 0.0737. The van der Waals surface area contributed by atoms with E-state index in [1.54, 1.807) is 11.3 Å². The Hall–Kier alpha value is -1.40. The van der Waals surface area contributed by atoms with E-state index >= 15 is 0 Å². The van der Waals surface area contributed by atoms with E-state index < -0.39 is 5.82 Å². The fourth-order valence-electron chi connectivity index (χ4n) is 2.67. The highest BCUT2D eigenvalue weighted by molar-refractivity contribution is 9.10. The highest BCUT2D eigenvalue weighted by Crippen LogP contribution is 2.36. The van der Waals surface area contributed by atoms with E-state index in [1.165, 1.54) is 17.0 Å². The summed E-state index contributed by atoms with van der Waals surface area (Å²) >= 11 is 4.91. The number of nitrogen functional groups attached to an aromatic ring is 1. The Labute approximate surface area is 134 Å². The van der Waals surface area contributed by atoms with Crippen LogP contribution >= 0.6 is 27.3 Å². The number of nitrogens with zero attached hydrogens (tertiary/aromatic N) is 1. The number of likely N-dealkylation sites (tertiary alicyclic amines) is 1. The highest BCUT2D eigenvalue weighted by atomic mass is 79.9. The minimum absolute atomic E-state index is 0.00609. The average Bonchev–Trinajstić information content (AvgIpc) is 3.11. The molecule has 1 aromatic carbocycles. The molecule has 21 heavy (non-hydrogen) atoms. The summed E-state index contributed by atoms with van der Waals surface area (Å²) in [5.74, 6) is -0.626. The molecule has 6 heteroatoms. The zero-order chi connectivity index (χ0) is 15.0. The van der Waals surface area contributed by atoms with Crippen LogP contribution in [0.5, 0.6) is 0 Å². The Kier molecular flexibility index (Phi) is 3.99. The smallest absolute Gasteiger partial charge is 0.255 e. The van der Waals surface area contributed by atoms with Crippen molar-refractivity contribution in [3.05, 3.63) is 50.4 Å². The van der Waals surface area contributed by atoms with Crippen LogP contribution in [0.3, 0.4) is 0 Å². The summed E-state index contributed by atoms with van der Waals surface area (Å²) in [6.45, 7) is 0.713. The first-order valence-electron chi connectivity index (χ1n) is 6.67. The fourth-order valence-corrected chi connectivity index (χ4v) is 4.03. The van der Waals surface area contributed by atoms with Crippen LogP contribution in [0.25, 0.3) is 0 Å². The Morgan fingerprint density at radius 1 is 1.48 bits per heavy atom. The van der Waals surface area contributed by atoms with Crippen LogP contribution in [0, 0.1) is 5.82 Å². The van der Waals surface area contributed by atoms with Gasteiger partial charge in [-0.3, -0.25) is 4.79 Å². The van der Waals surface area contributed by atoms with Gasteiger partial charge in [0.05, 0.1) is 17.3 Å². The third kappa shape index (κ3) is 2.70. The van der Waals surface area contributed by atoms with Crippen molar-refractivity contribution in [2.24, 2.45) is 0 Å². The summed E-state index contributed by atoms with van der Waals surface area (Å²) in [4.78, 5) is 15.8. The van der Waals surface area contributed by atoms with Gasteiger partial charge in [-0.25, -0.2) is 4.39 Å². The van der Waals surface area contributed by atoms with E-state index in [4.69, 9.17) is 5.73 Å². The summed E-state index contributed by atoms with van der Waals surface area (Å²) in [5.41, 5.74) is 6.00. The number of anilines is 1. The minimum atomic E-state index is -0.519. The fraction of sp³-hybridized carbons (Fsp3) is 0.267. The number of hydrogen-bond donors (Lipinski definition) is 1. The van der Waals surface area contributed by atoms with Crippen LogP contribution in [0.15, 0.2) is 34.1 Å². The standard InChI is InChI=1S/C15H14BrFN2OS/c16-10-8-11(17)12(18)7-9(10)15(20)19-5-1-3-13(19)14-4-2-6-21-14/h2,4,6-8,13H,1,3,5,18H2. The second kappa shape index (κ2) is 5.77. The first-order chi connectivity index (χ1) is 10.1. The van der Waals surface area contributed by atoms with Crippen molar-refractivity contribution in [1.29, 1.82) is 0 Å². The van der Waals surface area contributed by atoms with Crippen molar-refractivity contribution in [1.82, 2.24) is 4.90 Å². The van der Waals surface area contributed by atoms with Crippen molar-refractivity contribution in [2.75, 3.05) is 12.3 Å². The molecule has 110 valence electrons. The van der Waals surface area contributed by atoms with Gasteiger partial charge in [0.2, 0.25) is 0 Å². The lowest BCUT2D eigenvalue weighted by Gasteiger charge is -2.24. The van der Waals surface area contributed by atoms with Crippen LogP contribution in [-0.2, 0) is 0 Å². The SMILES string of the molecule is Nc1cc(C(=O)N2CCCC2c2cccs2)c(Br)cc1F. The van der Waals surface area contributed by atoms with Crippen molar-refractivity contribution in [3.63, 3.8) is 0 Å². The topological polar surface area (TPSA) is 46.3 Å². The zero-order valence-corrected chi connectivity index (χ0v) is 13.6. The number of amides is 1. The third-order valence-corrected chi connectivity index (χ3v) is 5.33. The molecule has 0 spiro atoms. The molecule has 2 heterocycles. The van der Waals surface area contributed by atoms with Crippen molar-refractivity contribution >= 4 is 38.9 Å². The molecule has 1 fully saturated rings. The van der Waals surface area contributed by atoms with Gasteiger partial charge in [-0.1, -0.05) is 6.07 Å². The molecule has 1 unspecified atom stereocenters. The van der Waals surface area contributed by atoms with Crippen LogP contribution in [0.1, 0.15) is 34.1 Å². The predicted octanol–water partition coefficient (Wildman–Crippen LogP) is 4.21. The maximum Gasteiger partial charge on any atom is 0.255 e. The number of carbonyl (C=O) groups is 1. The first kappa shape index (κ1) is 14.5. The van der Waals surface area contributed by atoms with Gasteiger partial charge in [-0.2, -0.15) is 0 Å². The van der Waals surface area contributed by atoms with Crippen LogP contribution in [-0.4, -0.2) is 17.4 Å². The molecular weight excluding hydrogens is 355 g/mol. The molecule has 1 amide bonds. The van der Waals surface area contributed by atoms with E-state index in [2.05, 4.69) is 22.0 Å². The Morgan fingerprint density at radius 3 is 3.00 bits per heavy atom. The first-order valence-corrected chi connectivity index (χ1v) is 8.34. The number of thiophene rings is 1. The van der Waals surface area contributed by atoms with Crippen molar-refractivity contribution in [3.8, 4) is 0 Å². The van der Waals surface area contributed by atoms with Gasteiger partial charge in [0, 0.05) is 15.9 Å². The Morgan fingerprint density at radius 2 is 2.29 bits per heavy atom. The number of hydrogen-bond acceptors (Lipinski definition) is 3. The van der Waals surface area contributed by atoms with E-state index in [1.807, 2.05) is 16.3 Å². The van der Waals surface area contributed by atoms with Crippen LogP contribution in [0.2, 0.25) is 0 Å². The van der Waals surface area contributed by atoms with Crippen molar-refractivity contribution in [2.45, 2.75) is 18.9 Å². The average molecular weight is 369 g/mol. The largest absolute Gasteiger partial charge is 0.396 e. The van der Waals surface area contributed by atoms with E-state index in [-0.39, 0.29) is 17.6 Å². The maximum atomic E-state index is 13.4. The summed E-state index contributed by atoms with van der Waals surface area (Å²) in [5, 5.41) is 2.02. The number of nitrogens with two attached hydrogens (primary N) is 1. The van der Waals surface area contributed by atoms with E-state index in [0.717, 1.165) is 12.8 Å². The number of halogens is 2. The van der Waals surface area contributed by atoms with Gasteiger partial charge >= 0.3 is 0 Å². The molecule has 2 aromatic rings. The molecule has 0 bridgehead atoms. The summed E-state index contributed by atoms with van der Waals surface area (Å²) < 4.78 is 13.9. The van der Waals surface area contributed by atoms with Crippen molar-refractivity contribution < 1.29 is 9.18 Å². The van der Waals surface area contributed by atoms with Gasteiger partial charge in [0.1, 0.15) is 5.82 Å². The quantitative estimate of drug-likeness (QED) is 0.807. The molecule has 3 nitrogen and oxygen atoms in total. The summed E-state index contributed by atoms with van der Waals surface area (Å²) in [7, 11) is 0. The van der Waals surface area contributed by atoms with Gasteiger partial charge in [0.15, 0.2) is 0 Å². The molecule has 0 saturated carbocycles. The Balaban J connectivity index is 1.93. The van der Waals surface area contributed by atoms with Gasteiger partial charge in [0.25, 0.3) is 5.91 Å². The molecule has 0 radical (unpaired) electrons. The van der Waals surface area contributed by atoms with E-state index in [9.17, 15) is 9.18 Å². The Bertz CT molecular complexity index is 675.